The lowest BCUT2D eigenvalue weighted by Gasteiger charge is -2.34. The number of nitrogens with one attached hydrogen (secondary N) is 1. The highest BCUT2D eigenvalue weighted by Crippen LogP contribution is 2.33. The molecule has 1 heterocycles. The van der Waals surface area contributed by atoms with Crippen molar-refractivity contribution in [2.45, 2.75) is 25.8 Å². The fourth-order valence-electron chi connectivity index (χ4n) is 3.14. The highest BCUT2D eigenvalue weighted by molar-refractivity contribution is 9.10. The van der Waals surface area contributed by atoms with Gasteiger partial charge in [0.2, 0.25) is 0 Å². The van der Waals surface area contributed by atoms with E-state index in [0.717, 1.165) is 19.6 Å². The van der Waals surface area contributed by atoms with E-state index in [2.05, 4.69) is 69.5 Å². The zero-order chi connectivity index (χ0) is 13.9. The molecule has 1 aliphatic heterocycles. The second-order valence-corrected chi connectivity index (χ2v) is 6.29. The molecule has 2 aromatic carbocycles. The van der Waals surface area contributed by atoms with E-state index in [-0.39, 0.29) is 0 Å². The van der Waals surface area contributed by atoms with E-state index in [0.29, 0.717) is 6.04 Å². The van der Waals surface area contributed by atoms with Crippen LogP contribution in [-0.4, -0.2) is 25.7 Å². The van der Waals surface area contributed by atoms with Crippen LogP contribution in [0.1, 0.15) is 19.8 Å². The van der Waals surface area contributed by atoms with Crippen molar-refractivity contribution in [3.8, 4) is 0 Å². The van der Waals surface area contributed by atoms with Crippen molar-refractivity contribution in [2.75, 3.05) is 24.5 Å². The van der Waals surface area contributed by atoms with Gasteiger partial charge in [-0.2, -0.15) is 0 Å². The zero-order valence-electron chi connectivity index (χ0n) is 11.9. The van der Waals surface area contributed by atoms with Crippen molar-refractivity contribution in [1.29, 1.82) is 0 Å². The van der Waals surface area contributed by atoms with E-state index in [4.69, 9.17) is 0 Å². The van der Waals surface area contributed by atoms with Crippen molar-refractivity contribution in [2.24, 2.45) is 0 Å². The minimum absolute atomic E-state index is 0.693. The first-order valence-electron chi connectivity index (χ1n) is 7.45. The summed E-state index contributed by atoms with van der Waals surface area (Å²) >= 11 is 3.66. The molecule has 0 aliphatic carbocycles. The van der Waals surface area contributed by atoms with Crippen LogP contribution in [0.3, 0.4) is 0 Å². The van der Waals surface area contributed by atoms with Crippen molar-refractivity contribution in [1.82, 2.24) is 5.32 Å². The molecule has 0 atom stereocenters. The topological polar surface area (TPSA) is 15.3 Å². The van der Waals surface area contributed by atoms with E-state index in [1.54, 1.807) is 0 Å². The molecule has 0 unspecified atom stereocenters. The molecule has 20 heavy (non-hydrogen) atoms. The number of hydrogen-bond acceptors (Lipinski definition) is 2. The van der Waals surface area contributed by atoms with Gasteiger partial charge in [-0.3, -0.25) is 0 Å². The van der Waals surface area contributed by atoms with Crippen LogP contribution in [0.5, 0.6) is 0 Å². The lowest BCUT2D eigenvalue weighted by atomic mass is 10.0. The van der Waals surface area contributed by atoms with Gasteiger partial charge in [0.1, 0.15) is 0 Å². The summed E-state index contributed by atoms with van der Waals surface area (Å²) in [6, 6.07) is 13.8. The van der Waals surface area contributed by atoms with E-state index in [1.165, 1.54) is 33.8 Å². The molecule has 0 bridgehead atoms. The number of rotatable bonds is 3. The van der Waals surface area contributed by atoms with Crippen LogP contribution in [0, 0.1) is 0 Å². The Morgan fingerprint density at radius 1 is 1.10 bits per heavy atom. The van der Waals surface area contributed by atoms with Gasteiger partial charge in [0, 0.05) is 34.7 Å². The van der Waals surface area contributed by atoms with Crippen molar-refractivity contribution in [3.05, 3.63) is 40.9 Å². The quantitative estimate of drug-likeness (QED) is 0.906. The van der Waals surface area contributed by atoms with Gasteiger partial charge in [-0.1, -0.05) is 47.1 Å². The van der Waals surface area contributed by atoms with Gasteiger partial charge in [-0.05, 0) is 36.9 Å². The molecule has 106 valence electrons. The highest BCUT2D eigenvalue weighted by atomic mass is 79.9. The molecule has 0 aromatic heterocycles. The summed E-state index contributed by atoms with van der Waals surface area (Å²) in [6.45, 7) is 5.55. The minimum atomic E-state index is 0.693. The molecule has 1 fully saturated rings. The second kappa shape index (κ2) is 6.15. The van der Waals surface area contributed by atoms with Crippen LogP contribution in [0.15, 0.2) is 40.9 Å². The van der Waals surface area contributed by atoms with Crippen LogP contribution in [0.4, 0.5) is 5.69 Å². The van der Waals surface area contributed by atoms with Gasteiger partial charge in [-0.15, -0.1) is 0 Å². The molecule has 1 aliphatic rings. The number of piperidine rings is 1. The number of anilines is 1. The number of halogens is 1. The normalized spacial score (nSPS) is 16.8. The van der Waals surface area contributed by atoms with Crippen LogP contribution in [0.2, 0.25) is 0 Å². The first kappa shape index (κ1) is 13.9. The van der Waals surface area contributed by atoms with Crippen molar-refractivity contribution in [3.63, 3.8) is 0 Å². The predicted molar refractivity (Wildman–Crippen MR) is 90.6 cm³/mol. The molecule has 0 spiro atoms. The van der Waals surface area contributed by atoms with Gasteiger partial charge < -0.3 is 10.2 Å². The van der Waals surface area contributed by atoms with Gasteiger partial charge in [-0.25, -0.2) is 0 Å². The SMILES string of the molecule is CCNC1CCN(c2ccc(Br)c3ccccc23)CC1. The van der Waals surface area contributed by atoms with Gasteiger partial charge in [0.25, 0.3) is 0 Å². The molecule has 3 rings (SSSR count). The number of fused-ring (bicyclic) bond motifs is 1. The van der Waals surface area contributed by atoms with Crippen LogP contribution in [0.25, 0.3) is 10.8 Å². The fourth-order valence-corrected chi connectivity index (χ4v) is 3.61. The summed E-state index contributed by atoms with van der Waals surface area (Å²) in [5.74, 6) is 0. The maximum atomic E-state index is 3.66. The summed E-state index contributed by atoms with van der Waals surface area (Å²) in [4.78, 5) is 2.53. The van der Waals surface area contributed by atoms with Crippen molar-refractivity contribution >= 4 is 32.4 Å². The van der Waals surface area contributed by atoms with E-state index in [1.807, 2.05) is 0 Å². The lowest BCUT2D eigenvalue weighted by molar-refractivity contribution is 0.424. The first-order chi connectivity index (χ1) is 9.79. The Balaban J connectivity index is 1.87. The molecule has 0 saturated carbocycles. The minimum Gasteiger partial charge on any atom is -0.371 e. The summed E-state index contributed by atoms with van der Waals surface area (Å²) in [7, 11) is 0. The average molecular weight is 333 g/mol. The van der Waals surface area contributed by atoms with Crippen molar-refractivity contribution < 1.29 is 0 Å². The predicted octanol–water partition coefficient (Wildman–Crippen LogP) is 4.18. The summed E-state index contributed by atoms with van der Waals surface area (Å²) < 4.78 is 1.18. The van der Waals surface area contributed by atoms with Crippen LogP contribution >= 0.6 is 15.9 Å². The first-order valence-corrected chi connectivity index (χ1v) is 8.24. The Morgan fingerprint density at radius 3 is 2.50 bits per heavy atom. The maximum Gasteiger partial charge on any atom is 0.0446 e. The van der Waals surface area contributed by atoms with E-state index < -0.39 is 0 Å². The highest BCUT2D eigenvalue weighted by Gasteiger charge is 2.20. The summed E-state index contributed by atoms with van der Waals surface area (Å²) in [5, 5.41) is 6.22. The molecule has 0 radical (unpaired) electrons. The Hall–Kier alpha value is -1.06. The molecular formula is C17H21BrN2. The molecule has 2 nitrogen and oxygen atoms in total. The lowest BCUT2D eigenvalue weighted by Crippen LogP contribution is -2.42. The average Bonchev–Trinajstić information content (AvgIpc) is 2.49. The Bertz CT molecular complexity index is 589. The van der Waals surface area contributed by atoms with Crippen LogP contribution < -0.4 is 10.2 Å². The zero-order valence-corrected chi connectivity index (χ0v) is 13.5. The molecule has 2 aromatic rings. The third kappa shape index (κ3) is 2.70. The Kier molecular flexibility index (Phi) is 4.27. The smallest absolute Gasteiger partial charge is 0.0446 e. The molecule has 1 saturated heterocycles. The third-order valence-corrected chi connectivity index (χ3v) is 4.87. The fraction of sp³-hybridized carbons (Fsp3) is 0.412. The molecule has 1 N–H and O–H groups in total. The van der Waals surface area contributed by atoms with Gasteiger partial charge in [0.15, 0.2) is 0 Å². The largest absolute Gasteiger partial charge is 0.371 e. The van der Waals surface area contributed by atoms with Gasteiger partial charge >= 0.3 is 0 Å². The van der Waals surface area contributed by atoms with Crippen LogP contribution in [-0.2, 0) is 0 Å². The van der Waals surface area contributed by atoms with Gasteiger partial charge in [0.05, 0.1) is 0 Å². The van der Waals surface area contributed by atoms with E-state index >= 15 is 0 Å². The van der Waals surface area contributed by atoms with E-state index in [9.17, 15) is 0 Å². The number of benzene rings is 2. The maximum absolute atomic E-state index is 3.66. The second-order valence-electron chi connectivity index (χ2n) is 5.43. The molecule has 3 heteroatoms. The number of hydrogen-bond donors (Lipinski definition) is 1. The summed E-state index contributed by atoms with van der Waals surface area (Å²) in [6.07, 6.45) is 2.47. The Labute approximate surface area is 129 Å². The standard InChI is InChI=1S/C17H21BrN2/c1-2-19-13-9-11-20(12-10-13)17-8-7-16(18)14-5-3-4-6-15(14)17/h3-8,13,19H,2,9-12H2,1H3. The number of nitrogens with zero attached hydrogens (tertiary/aromatic N) is 1. The summed E-state index contributed by atoms with van der Waals surface area (Å²) in [5.41, 5.74) is 1.37. The monoisotopic (exact) mass is 332 g/mol. The molecular weight excluding hydrogens is 312 g/mol. The Morgan fingerprint density at radius 2 is 1.80 bits per heavy atom. The molecule has 0 amide bonds. The third-order valence-electron chi connectivity index (χ3n) is 4.18.